The fourth-order valence-electron chi connectivity index (χ4n) is 2.71. The van der Waals surface area contributed by atoms with Gasteiger partial charge in [0.05, 0.1) is 6.42 Å². The van der Waals surface area contributed by atoms with E-state index in [-0.39, 0.29) is 30.1 Å². The number of carbonyl (C=O) groups is 2. The van der Waals surface area contributed by atoms with Crippen LogP contribution in [0.15, 0.2) is 48.5 Å². The number of nitrogens with zero attached hydrogens (tertiary/aromatic N) is 1. The molecular formula is C19H19FN2O2. The van der Waals surface area contributed by atoms with E-state index >= 15 is 0 Å². The van der Waals surface area contributed by atoms with Gasteiger partial charge >= 0.3 is 0 Å². The molecule has 124 valence electrons. The Balaban J connectivity index is 1.77. The maximum atomic E-state index is 13.3. The second-order valence-corrected chi connectivity index (χ2v) is 6.03. The van der Waals surface area contributed by atoms with Gasteiger partial charge in [-0.15, -0.1) is 0 Å². The second-order valence-electron chi connectivity index (χ2n) is 6.03. The summed E-state index contributed by atoms with van der Waals surface area (Å²) in [6.07, 6.45) is 2.12. The molecule has 0 atom stereocenters. The summed E-state index contributed by atoms with van der Waals surface area (Å²) in [4.78, 5) is 25.6. The Labute approximate surface area is 140 Å². The quantitative estimate of drug-likeness (QED) is 0.914. The highest BCUT2D eigenvalue weighted by atomic mass is 19.1. The van der Waals surface area contributed by atoms with Gasteiger partial charge in [-0.3, -0.25) is 9.59 Å². The van der Waals surface area contributed by atoms with Crippen molar-refractivity contribution in [3.8, 4) is 0 Å². The molecule has 24 heavy (non-hydrogen) atoms. The van der Waals surface area contributed by atoms with Gasteiger partial charge < -0.3 is 10.2 Å². The molecule has 0 aromatic heterocycles. The number of hydrogen-bond acceptors (Lipinski definition) is 2. The Bertz CT molecular complexity index is 754. The van der Waals surface area contributed by atoms with E-state index in [1.165, 1.54) is 19.1 Å². The van der Waals surface area contributed by atoms with Crippen LogP contribution in [-0.4, -0.2) is 17.9 Å². The topological polar surface area (TPSA) is 49.4 Å². The van der Waals surface area contributed by atoms with Crippen LogP contribution >= 0.6 is 0 Å². The van der Waals surface area contributed by atoms with Crippen LogP contribution in [-0.2, 0) is 16.0 Å². The van der Waals surface area contributed by atoms with Crippen LogP contribution < -0.4 is 10.2 Å². The molecule has 2 aromatic rings. The molecule has 5 heteroatoms. The molecule has 1 fully saturated rings. The highest BCUT2D eigenvalue weighted by Gasteiger charge is 2.33. The Morgan fingerprint density at radius 1 is 1.17 bits per heavy atom. The third kappa shape index (κ3) is 3.98. The van der Waals surface area contributed by atoms with Crippen molar-refractivity contribution in [2.45, 2.75) is 32.2 Å². The lowest BCUT2D eigenvalue weighted by molar-refractivity contribution is -0.118. The van der Waals surface area contributed by atoms with E-state index in [1.807, 2.05) is 12.1 Å². The predicted molar refractivity (Wildman–Crippen MR) is 91.4 cm³/mol. The van der Waals surface area contributed by atoms with Gasteiger partial charge in [-0.05, 0) is 54.8 Å². The Kier molecular flexibility index (Phi) is 4.60. The maximum Gasteiger partial charge on any atom is 0.231 e. The van der Waals surface area contributed by atoms with Crippen molar-refractivity contribution in [2.75, 3.05) is 10.2 Å². The fraction of sp³-hybridized carbons (Fsp3) is 0.263. The van der Waals surface area contributed by atoms with Crippen molar-refractivity contribution in [3.63, 3.8) is 0 Å². The van der Waals surface area contributed by atoms with Gasteiger partial charge in [-0.1, -0.05) is 12.1 Å². The van der Waals surface area contributed by atoms with Crippen LogP contribution in [0.2, 0.25) is 0 Å². The van der Waals surface area contributed by atoms with Crippen LogP contribution in [0.1, 0.15) is 25.3 Å². The lowest BCUT2D eigenvalue weighted by Crippen LogP contribution is -2.34. The highest BCUT2D eigenvalue weighted by Crippen LogP contribution is 2.33. The van der Waals surface area contributed by atoms with E-state index in [2.05, 4.69) is 5.32 Å². The molecule has 0 aliphatic heterocycles. The number of carbonyl (C=O) groups excluding carboxylic acids is 2. The average Bonchev–Trinajstić information content (AvgIpc) is 3.33. The molecule has 0 radical (unpaired) electrons. The van der Waals surface area contributed by atoms with Crippen molar-refractivity contribution >= 4 is 23.2 Å². The van der Waals surface area contributed by atoms with E-state index in [4.69, 9.17) is 0 Å². The van der Waals surface area contributed by atoms with Gasteiger partial charge in [0.1, 0.15) is 5.82 Å². The van der Waals surface area contributed by atoms with E-state index in [0.29, 0.717) is 11.3 Å². The van der Waals surface area contributed by atoms with Crippen molar-refractivity contribution in [1.29, 1.82) is 0 Å². The minimum absolute atomic E-state index is 0.0459. The van der Waals surface area contributed by atoms with Gasteiger partial charge in [0.25, 0.3) is 0 Å². The van der Waals surface area contributed by atoms with Crippen molar-refractivity contribution in [3.05, 3.63) is 59.9 Å². The largest absolute Gasteiger partial charge is 0.326 e. The molecule has 0 saturated heterocycles. The Hall–Kier alpha value is -2.69. The van der Waals surface area contributed by atoms with Crippen LogP contribution in [0.5, 0.6) is 0 Å². The van der Waals surface area contributed by atoms with Crippen molar-refractivity contribution < 1.29 is 14.0 Å². The number of rotatable bonds is 5. The first-order chi connectivity index (χ1) is 11.5. The molecule has 4 nitrogen and oxygen atoms in total. The summed E-state index contributed by atoms with van der Waals surface area (Å²) in [5, 5.41) is 2.71. The minimum Gasteiger partial charge on any atom is -0.326 e. The summed E-state index contributed by atoms with van der Waals surface area (Å²) >= 11 is 0. The van der Waals surface area contributed by atoms with Crippen LogP contribution in [0, 0.1) is 5.82 Å². The van der Waals surface area contributed by atoms with Crippen LogP contribution in [0.3, 0.4) is 0 Å². The maximum absolute atomic E-state index is 13.3. The van der Waals surface area contributed by atoms with Crippen molar-refractivity contribution in [2.24, 2.45) is 0 Å². The zero-order chi connectivity index (χ0) is 17.1. The SMILES string of the molecule is CC(=O)Nc1ccc(N(C(=O)Cc2cccc(F)c2)C2CC2)cc1. The normalized spacial score (nSPS) is 13.4. The molecule has 0 heterocycles. The molecule has 3 rings (SSSR count). The van der Waals surface area contributed by atoms with Gasteiger partial charge in [0, 0.05) is 24.3 Å². The smallest absolute Gasteiger partial charge is 0.231 e. The minimum atomic E-state index is -0.335. The summed E-state index contributed by atoms with van der Waals surface area (Å²) in [7, 11) is 0. The highest BCUT2D eigenvalue weighted by molar-refractivity contribution is 5.96. The number of anilines is 2. The van der Waals surface area contributed by atoms with E-state index < -0.39 is 0 Å². The molecule has 2 aromatic carbocycles. The third-order valence-corrected chi connectivity index (χ3v) is 3.89. The molecule has 1 N–H and O–H groups in total. The number of amides is 2. The van der Waals surface area contributed by atoms with Crippen molar-refractivity contribution in [1.82, 2.24) is 0 Å². The zero-order valence-electron chi connectivity index (χ0n) is 13.5. The summed E-state index contributed by atoms with van der Waals surface area (Å²) < 4.78 is 13.3. The average molecular weight is 326 g/mol. The molecular weight excluding hydrogens is 307 g/mol. The Morgan fingerprint density at radius 2 is 1.88 bits per heavy atom. The van der Waals surface area contributed by atoms with Crippen LogP contribution in [0.25, 0.3) is 0 Å². The lowest BCUT2D eigenvalue weighted by Gasteiger charge is -2.23. The van der Waals surface area contributed by atoms with E-state index in [9.17, 15) is 14.0 Å². The van der Waals surface area contributed by atoms with E-state index in [1.54, 1.807) is 29.2 Å². The van der Waals surface area contributed by atoms with Gasteiger partial charge in [0.2, 0.25) is 11.8 Å². The zero-order valence-corrected chi connectivity index (χ0v) is 13.5. The first-order valence-corrected chi connectivity index (χ1v) is 7.97. The number of nitrogens with one attached hydrogen (secondary N) is 1. The molecule has 1 aliphatic rings. The number of benzene rings is 2. The summed E-state index contributed by atoms with van der Waals surface area (Å²) in [6.45, 7) is 1.45. The summed E-state index contributed by atoms with van der Waals surface area (Å²) in [5.74, 6) is -0.516. The fourth-order valence-corrected chi connectivity index (χ4v) is 2.71. The van der Waals surface area contributed by atoms with Gasteiger partial charge in [-0.25, -0.2) is 4.39 Å². The molecule has 2 amide bonds. The monoisotopic (exact) mass is 326 g/mol. The first kappa shape index (κ1) is 16.2. The predicted octanol–water partition coefficient (Wildman–Crippen LogP) is 3.52. The molecule has 0 bridgehead atoms. The van der Waals surface area contributed by atoms with Gasteiger partial charge in [0.15, 0.2) is 0 Å². The van der Waals surface area contributed by atoms with Crippen LogP contribution in [0.4, 0.5) is 15.8 Å². The third-order valence-electron chi connectivity index (χ3n) is 3.89. The summed E-state index contributed by atoms with van der Waals surface area (Å²) in [6, 6.07) is 13.5. The molecule has 1 aliphatic carbocycles. The molecule has 0 spiro atoms. The van der Waals surface area contributed by atoms with Gasteiger partial charge in [-0.2, -0.15) is 0 Å². The summed E-state index contributed by atoms with van der Waals surface area (Å²) in [5.41, 5.74) is 2.16. The molecule has 1 saturated carbocycles. The first-order valence-electron chi connectivity index (χ1n) is 7.97. The number of hydrogen-bond donors (Lipinski definition) is 1. The van der Waals surface area contributed by atoms with E-state index in [0.717, 1.165) is 18.5 Å². The standard InChI is InChI=1S/C19H19FN2O2/c1-13(23)21-16-5-7-17(8-6-16)22(18-9-10-18)19(24)12-14-3-2-4-15(20)11-14/h2-8,11,18H,9-10,12H2,1H3,(H,21,23). The lowest BCUT2D eigenvalue weighted by atomic mass is 10.1. The Morgan fingerprint density at radius 3 is 2.46 bits per heavy atom. The molecule has 0 unspecified atom stereocenters. The number of halogens is 1. The second kappa shape index (κ2) is 6.83.